The molecule has 0 aliphatic rings. The molecule has 8 heteroatoms. The maximum absolute atomic E-state index is 12.5. The van der Waals surface area contributed by atoms with Gasteiger partial charge in [0, 0.05) is 43.8 Å². The van der Waals surface area contributed by atoms with E-state index < -0.39 is 4.92 Å². The number of benzene rings is 2. The lowest BCUT2D eigenvalue weighted by Gasteiger charge is -2.15. The Morgan fingerprint density at radius 3 is 2.63 bits per heavy atom. The summed E-state index contributed by atoms with van der Waals surface area (Å²) in [7, 11) is 3.90. The molecule has 8 nitrogen and oxygen atoms in total. The quantitative estimate of drug-likeness (QED) is 0.552. The van der Waals surface area contributed by atoms with Gasteiger partial charge in [0.2, 0.25) is 0 Å². The number of rotatable bonds is 5. The molecule has 0 saturated carbocycles. The Hall–Kier alpha value is -3.68. The number of non-ortho nitro benzene ring substituents is 1. The van der Waals surface area contributed by atoms with E-state index in [-0.39, 0.29) is 17.3 Å². The Labute approximate surface area is 156 Å². The van der Waals surface area contributed by atoms with Gasteiger partial charge in [-0.15, -0.1) is 0 Å². The molecule has 27 heavy (non-hydrogen) atoms. The number of amides is 1. The summed E-state index contributed by atoms with van der Waals surface area (Å²) in [5.74, 6) is -0.347. The number of hydrogen-bond acceptors (Lipinski definition) is 5. The number of carbonyl (C=O) groups excluding carboxylic acids is 1. The third kappa shape index (κ3) is 3.95. The molecule has 1 heterocycles. The molecule has 138 valence electrons. The van der Waals surface area contributed by atoms with Crippen LogP contribution in [-0.4, -0.2) is 34.7 Å². The zero-order valence-electron chi connectivity index (χ0n) is 15.2. The van der Waals surface area contributed by atoms with Crippen molar-refractivity contribution in [3.8, 4) is 5.69 Å². The van der Waals surface area contributed by atoms with Gasteiger partial charge in [0.05, 0.1) is 10.6 Å². The number of anilines is 2. The summed E-state index contributed by atoms with van der Waals surface area (Å²) in [5, 5.41) is 18.0. The zero-order chi connectivity index (χ0) is 19.6. The number of nitrogens with one attached hydrogen (secondary N) is 1. The van der Waals surface area contributed by atoms with Crippen molar-refractivity contribution in [1.82, 2.24) is 9.78 Å². The summed E-state index contributed by atoms with van der Waals surface area (Å²) in [6.45, 7) is 1.92. The van der Waals surface area contributed by atoms with Crippen molar-refractivity contribution < 1.29 is 9.72 Å². The summed E-state index contributed by atoms with van der Waals surface area (Å²) < 4.78 is 1.43. The number of nitro groups is 1. The minimum atomic E-state index is -0.471. The van der Waals surface area contributed by atoms with Crippen LogP contribution in [0.2, 0.25) is 0 Å². The lowest BCUT2D eigenvalue weighted by atomic mass is 10.1. The highest BCUT2D eigenvalue weighted by atomic mass is 16.6. The maximum Gasteiger partial charge on any atom is 0.276 e. The molecule has 0 aliphatic heterocycles. The van der Waals surface area contributed by atoms with E-state index in [1.165, 1.54) is 16.8 Å². The van der Waals surface area contributed by atoms with Crippen molar-refractivity contribution in [3.63, 3.8) is 0 Å². The van der Waals surface area contributed by atoms with E-state index >= 15 is 0 Å². The second-order valence-electron chi connectivity index (χ2n) is 6.27. The van der Waals surface area contributed by atoms with E-state index in [1.54, 1.807) is 24.4 Å². The van der Waals surface area contributed by atoms with Crippen LogP contribution in [0.1, 0.15) is 16.1 Å². The highest BCUT2D eigenvalue weighted by Crippen LogP contribution is 2.22. The van der Waals surface area contributed by atoms with Gasteiger partial charge in [-0.05, 0) is 42.8 Å². The van der Waals surface area contributed by atoms with Crippen molar-refractivity contribution >= 4 is 23.0 Å². The fourth-order valence-electron chi connectivity index (χ4n) is 2.59. The molecular weight excluding hydrogens is 346 g/mol. The molecular formula is C19H19N5O3. The highest BCUT2D eigenvalue weighted by Gasteiger charge is 2.13. The first-order valence-corrected chi connectivity index (χ1v) is 8.25. The first kappa shape index (κ1) is 18.1. The Balaban J connectivity index is 1.79. The summed E-state index contributed by atoms with van der Waals surface area (Å²) in [5.41, 5.74) is 3.38. The average molecular weight is 365 g/mol. The molecule has 3 aromatic rings. The minimum Gasteiger partial charge on any atom is -0.378 e. The van der Waals surface area contributed by atoms with Crippen molar-refractivity contribution in [1.29, 1.82) is 0 Å². The average Bonchev–Trinajstić information content (AvgIpc) is 3.13. The van der Waals surface area contributed by atoms with Gasteiger partial charge in [-0.25, -0.2) is 4.68 Å². The first-order chi connectivity index (χ1) is 12.8. The fourth-order valence-corrected chi connectivity index (χ4v) is 2.59. The number of nitro benzene ring substituents is 1. The summed E-state index contributed by atoms with van der Waals surface area (Å²) in [6, 6.07) is 13.4. The van der Waals surface area contributed by atoms with Crippen LogP contribution in [0.25, 0.3) is 5.69 Å². The van der Waals surface area contributed by atoms with Crippen LogP contribution in [0.4, 0.5) is 17.1 Å². The summed E-state index contributed by atoms with van der Waals surface area (Å²) in [6.07, 6.45) is 1.59. The standard InChI is InChI=1S/C19H19N5O3/c1-13-11-14(22(2)3)7-8-17(13)20-19(25)18-9-10-23(21-18)15-5-4-6-16(12-15)24(26)27/h4-12H,1-3H3,(H,20,25). The third-order valence-electron chi connectivity index (χ3n) is 4.10. The number of aryl methyl sites for hydroxylation is 1. The molecule has 1 amide bonds. The van der Waals surface area contributed by atoms with Gasteiger partial charge in [-0.1, -0.05) is 6.07 Å². The van der Waals surface area contributed by atoms with E-state index in [0.717, 1.165) is 11.3 Å². The topological polar surface area (TPSA) is 93.3 Å². The van der Waals surface area contributed by atoms with Crippen LogP contribution in [0.3, 0.4) is 0 Å². The van der Waals surface area contributed by atoms with Crippen molar-refractivity contribution in [2.24, 2.45) is 0 Å². The van der Waals surface area contributed by atoms with E-state index in [1.807, 2.05) is 44.1 Å². The molecule has 1 N–H and O–H groups in total. The molecule has 0 unspecified atom stereocenters. The number of hydrogen-bond donors (Lipinski definition) is 1. The molecule has 0 fully saturated rings. The zero-order valence-corrected chi connectivity index (χ0v) is 15.2. The van der Waals surface area contributed by atoms with Gasteiger partial charge in [-0.3, -0.25) is 14.9 Å². The molecule has 2 aromatic carbocycles. The number of carbonyl (C=O) groups is 1. The van der Waals surface area contributed by atoms with Crippen molar-refractivity contribution in [3.05, 3.63) is 76.1 Å². The van der Waals surface area contributed by atoms with Crippen LogP contribution in [0.5, 0.6) is 0 Å². The third-order valence-corrected chi connectivity index (χ3v) is 4.10. The summed E-state index contributed by atoms with van der Waals surface area (Å²) in [4.78, 5) is 24.9. The first-order valence-electron chi connectivity index (χ1n) is 8.25. The van der Waals surface area contributed by atoms with Gasteiger partial charge < -0.3 is 10.2 Å². The van der Waals surface area contributed by atoms with Crippen LogP contribution in [0, 0.1) is 17.0 Å². The minimum absolute atomic E-state index is 0.0365. The second kappa shape index (κ2) is 7.28. The predicted octanol–water partition coefficient (Wildman–Crippen LogP) is 3.41. The van der Waals surface area contributed by atoms with Crippen LogP contribution < -0.4 is 10.2 Å². The molecule has 0 radical (unpaired) electrons. The van der Waals surface area contributed by atoms with Crippen LogP contribution in [0.15, 0.2) is 54.7 Å². The molecule has 0 saturated heterocycles. The van der Waals surface area contributed by atoms with Crippen molar-refractivity contribution in [2.45, 2.75) is 6.92 Å². The van der Waals surface area contributed by atoms with Crippen LogP contribution >= 0.6 is 0 Å². The Morgan fingerprint density at radius 1 is 1.19 bits per heavy atom. The second-order valence-corrected chi connectivity index (χ2v) is 6.27. The van der Waals surface area contributed by atoms with E-state index in [4.69, 9.17) is 0 Å². The monoisotopic (exact) mass is 365 g/mol. The van der Waals surface area contributed by atoms with Crippen molar-refractivity contribution in [2.75, 3.05) is 24.3 Å². The molecule has 0 atom stereocenters. The van der Waals surface area contributed by atoms with Gasteiger partial charge in [0.25, 0.3) is 11.6 Å². The van der Waals surface area contributed by atoms with E-state index in [2.05, 4.69) is 10.4 Å². The maximum atomic E-state index is 12.5. The molecule has 0 bridgehead atoms. The SMILES string of the molecule is Cc1cc(N(C)C)ccc1NC(=O)c1ccn(-c2cccc([N+](=O)[O-])c2)n1. The number of nitrogens with zero attached hydrogens (tertiary/aromatic N) is 4. The molecule has 0 spiro atoms. The van der Waals surface area contributed by atoms with Gasteiger partial charge in [0.1, 0.15) is 0 Å². The lowest BCUT2D eigenvalue weighted by Crippen LogP contribution is -2.15. The Morgan fingerprint density at radius 2 is 1.96 bits per heavy atom. The molecule has 1 aromatic heterocycles. The Kier molecular flexibility index (Phi) is 4.89. The number of aromatic nitrogens is 2. The predicted molar refractivity (Wildman–Crippen MR) is 104 cm³/mol. The van der Waals surface area contributed by atoms with E-state index in [9.17, 15) is 14.9 Å². The van der Waals surface area contributed by atoms with Crippen LogP contribution in [-0.2, 0) is 0 Å². The largest absolute Gasteiger partial charge is 0.378 e. The Bertz CT molecular complexity index is 1010. The smallest absolute Gasteiger partial charge is 0.276 e. The fraction of sp³-hybridized carbons (Fsp3) is 0.158. The lowest BCUT2D eigenvalue weighted by molar-refractivity contribution is -0.384. The van der Waals surface area contributed by atoms with Gasteiger partial charge in [-0.2, -0.15) is 5.10 Å². The highest BCUT2D eigenvalue weighted by molar-refractivity contribution is 6.03. The van der Waals surface area contributed by atoms with Gasteiger partial charge >= 0.3 is 0 Å². The molecule has 0 aliphatic carbocycles. The van der Waals surface area contributed by atoms with Gasteiger partial charge in [0.15, 0.2) is 5.69 Å². The normalized spacial score (nSPS) is 10.5. The molecule has 3 rings (SSSR count). The summed E-state index contributed by atoms with van der Waals surface area (Å²) >= 11 is 0. The van der Waals surface area contributed by atoms with E-state index in [0.29, 0.717) is 11.4 Å².